The third kappa shape index (κ3) is 5.43. The fourth-order valence-corrected chi connectivity index (χ4v) is 3.50. The van der Waals surface area contributed by atoms with Gasteiger partial charge in [0.25, 0.3) is 0 Å². The van der Waals surface area contributed by atoms with Crippen LogP contribution >= 0.6 is 23.1 Å². The standard InChI is InChI=1S/C14H16FN3OS2/c1-2-3-8-20-14-18-17-13(21-14)16-12(19)9-10-4-6-11(15)7-5-10/h4-7H,2-3,8-9H2,1H3,(H,16,17,19). The number of hydrogen-bond acceptors (Lipinski definition) is 5. The van der Waals surface area contributed by atoms with E-state index in [1.807, 2.05) is 0 Å². The number of anilines is 1. The Morgan fingerprint density at radius 1 is 1.33 bits per heavy atom. The summed E-state index contributed by atoms with van der Waals surface area (Å²) >= 11 is 3.02. The average molecular weight is 325 g/mol. The minimum Gasteiger partial charge on any atom is -0.300 e. The fourth-order valence-electron chi connectivity index (χ4n) is 1.57. The van der Waals surface area contributed by atoms with Crippen molar-refractivity contribution in [1.29, 1.82) is 0 Å². The topological polar surface area (TPSA) is 54.9 Å². The Morgan fingerprint density at radius 3 is 2.81 bits per heavy atom. The highest BCUT2D eigenvalue weighted by Crippen LogP contribution is 2.26. The quantitative estimate of drug-likeness (QED) is 0.478. The first-order valence-electron chi connectivity index (χ1n) is 6.68. The average Bonchev–Trinajstić information content (AvgIpc) is 2.89. The lowest BCUT2D eigenvalue weighted by molar-refractivity contribution is -0.115. The van der Waals surface area contributed by atoms with E-state index in [9.17, 15) is 9.18 Å². The maximum absolute atomic E-state index is 12.8. The molecular formula is C14H16FN3OS2. The molecule has 0 aliphatic rings. The summed E-state index contributed by atoms with van der Waals surface area (Å²) in [5.41, 5.74) is 0.760. The summed E-state index contributed by atoms with van der Waals surface area (Å²) in [6.45, 7) is 2.14. The number of carbonyl (C=O) groups excluding carboxylic acids is 1. The third-order valence-electron chi connectivity index (χ3n) is 2.65. The summed E-state index contributed by atoms with van der Waals surface area (Å²) in [7, 11) is 0. The number of benzene rings is 1. The molecule has 112 valence electrons. The van der Waals surface area contributed by atoms with Gasteiger partial charge in [-0.15, -0.1) is 10.2 Å². The lowest BCUT2D eigenvalue weighted by atomic mass is 10.1. The monoisotopic (exact) mass is 325 g/mol. The van der Waals surface area contributed by atoms with Crippen LogP contribution in [-0.4, -0.2) is 21.9 Å². The van der Waals surface area contributed by atoms with Gasteiger partial charge < -0.3 is 5.32 Å². The predicted molar refractivity (Wildman–Crippen MR) is 84.3 cm³/mol. The third-order valence-corrected chi connectivity index (χ3v) is 4.71. The van der Waals surface area contributed by atoms with E-state index in [1.165, 1.54) is 23.5 Å². The Morgan fingerprint density at radius 2 is 2.10 bits per heavy atom. The van der Waals surface area contributed by atoms with Crippen molar-refractivity contribution in [3.05, 3.63) is 35.6 Å². The van der Waals surface area contributed by atoms with Crippen LogP contribution in [0.1, 0.15) is 25.3 Å². The number of nitrogens with zero attached hydrogens (tertiary/aromatic N) is 2. The molecule has 4 nitrogen and oxygen atoms in total. The molecule has 1 N–H and O–H groups in total. The van der Waals surface area contributed by atoms with Gasteiger partial charge in [-0.25, -0.2) is 4.39 Å². The van der Waals surface area contributed by atoms with Crippen molar-refractivity contribution < 1.29 is 9.18 Å². The van der Waals surface area contributed by atoms with Crippen LogP contribution in [0.2, 0.25) is 0 Å². The SMILES string of the molecule is CCCCSc1nnc(NC(=O)Cc2ccc(F)cc2)s1. The van der Waals surface area contributed by atoms with E-state index >= 15 is 0 Å². The van der Waals surface area contributed by atoms with Gasteiger partial charge in [-0.05, 0) is 24.1 Å². The molecule has 0 aliphatic heterocycles. The first kappa shape index (κ1) is 15.9. The van der Waals surface area contributed by atoms with E-state index in [1.54, 1.807) is 23.9 Å². The minimum atomic E-state index is -0.308. The molecule has 0 unspecified atom stereocenters. The number of halogens is 1. The van der Waals surface area contributed by atoms with Crippen molar-refractivity contribution in [2.24, 2.45) is 0 Å². The second-order valence-corrected chi connectivity index (χ2v) is 6.75. The summed E-state index contributed by atoms with van der Waals surface area (Å²) in [6, 6.07) is 5.88. The van der Waals surface area contributed by atoms with Crippen LogP contribution in [0.4, 0.5) is 9.52 Å². The van der Waals surface area contributed by atoms with Gasteiger partial charge in [0.15, 0.2) is 4.34 Å². The first-order valence-corrected chi connectivity index (χ1v) is 8.48. The Kier molecular flexibility index (Phi) is 6.13. The molecule has 0 radical (unpaired) electrons. The van der Waals surface area contributed by atoms with Crippen LogP contribution in [0, 0.1) is 5.82 Å². The molecule has 21 heavy (non-hydrogen) atoms. The molecule has 0 saturated carbocycles. The van der Waals surface area contributed by atoms with Crippen molar-refractivity contribution in [3.8, 4) is 0 Å². The highest BCUT2D eigenvalue weighted by Gasteiger charge is 2.09. The number of amides is 1. The summed E-state index contributed by atoms with van der Waals surface area (Å²) in [5.74, 6) is 0.522. The normalized spacial score (nSPS) is 10.6. The number of nitrogens with one attached hydrogen (secondary N) is 1. The van der Waals surface area contributed by atoms with Crippen molar-refractivity contribution in [1.82, 2.24) is 10.2 Å². The molecule has 2 rings (SSSR count). The predicted octanol–water partition coefficient (Wildman–Crippen LogP) is 3.75. The van der Waals surface area contributed by atoms with Gasteiger partial charge in [0, 0.05) is 5.75 Å². The van der Waals surface area contributed by atoms with Gasteiger partial charge in [0.2, 0.25) is 11.0 Å². The smallest absolute Gasteiger partial charge is 0.230 e. The molecule has 1 heterocycles. The van der Waals surface area contributed by atoms with E-state index in [2.05, 4.69) is 22.4 Å². The molecule has 0 saturated heterocycles. The maximum Gasteiger partial charge on any atom is 0.230 e. The van der Waals surface area contributed by atoms with Gasteiger partial charge in [-0.2, -0.15) is 0 Å². The number of carbonyl (C=O) groups is 1. The molecule has 0 bridgehead atoms. The van der Waals surface area contributed by atoms with Crippen molar-refractivity contribution in [2.45, 2.75) is 30.5 Å². The van der Waals surface area contributed by atoms with E-state index in [0.717, 1.165) is 28.5 Å². The molecule has 7 heteroatoms. The van der Waals surface area contributed by atoms with Crippen LogP contribution in [0.25, 0.3) is 0 Å². The Bertz CT molecular complexity index is 586. The van der Waals surface area contributed by atoms with Crippen molar-refractivity contribution in [2.75, 3.05) is 11.1 Å². The minimum absolute atomic E-state index is 0.178. The zero-order chi connectivity index (χ0) is 15.1. The molecule has 1 aromatic carbocycles. The summed E-state index contributed by atoms with van der Waals surface area (Å²) < 4.78 is 13.6. The van der Waals surface area contributed by atoms with Crippen LogP contribution in [0.15, 0.2) is 28.6 Å². The molecule has 0 aliphatic carbocycles. The van der Waals surface area contributed by atoms with Gasteiger partial charge in [-0.3, -0.25) is 4.79 Å². The fraction of sp³-hybridized carbons (Fsp3) is 0.357. The Labute approximate surface area is 131 Å². The van der Waals surface area contributed by atoms with E-state index in [0.29, 0.717) is 5.13 Å². The van der Waals surface area contributed by atoms with Crippen LogP contribution in [-0.2, 0) is 11.2 Å². The lowest BCUT2D eigenvalue weighted by Gasteiger charge is -2.01. The molecular weight excluding hydrogens is 309 g/mol. The van der Waals surface area contributed by atoms with Crippen LogP contribution in [0.3, 0.4) is 0 Å². The molecule has 2 aromatic rings. The van der Waals surface area contributed by atoms with Gasteiger partial charge in [0.05, 0.1) is 6.42 Å². The second-order valence-electron chi connectivity index (χ2n) is 4.43. The number of unbranched alkanes of at least 4 members (excludes halogenated alkanes) is 1. The highest BCUT2D eigenvalue weighted by atomic mass is 32.2. The van der Waals surface area contributed by atoms with E-state index < -0.39 is 0 Å². The van der Waals surface area contributed by atoms with E-state index in [4.69, 9.17) is 0 Å². The highest BCUT2D eigenvalue weighted by molar-refractivity contribution is 8.01. The summed E-state index contributed by atoms with van der Waals surface area (Å²) in [6.07, 6.45) is 2.47. The summed E-state index contributed by atoms with van der Waals surface area (Å²) in [4.78, 5) is 11.9. The molecule has 0 spiro atoms. The van der Waals surface area contributed by atoms with Crippen LogP contribution < -0.4 is 5.32 Å². The number of hydrogen-bond donors (Lipinski definition) is 1. The van der Waals surface area contributed by atoms with Crippen molar-refractivity contribution >= 4 is 34.1 Å². The Hall–Kier alpha value is -1.47. The molecule has 1 amide bonds. The first-order chi connectivity index (χ1) is 10.2. The van der Waals surface area contributed by atoms with Gasteiger partial charge in [-0.1, -0.05) is 48.6 Å². The number of rotatable bonds is 7. The molecule has 1 aromatic heterocycles. The molecule has 0 atom stereocenters. The Balaban J connectivity index is 1.83. The van der Waals surface area contributed by atoms with Gasteiger partial charge in [0.1, 0.15) is 5.82 Å². The van der Waals surface area contributed by atoms with Gasteiger partial charge >= 0.3 is 0 Å². The van der Waals surface area contributed by atoms with E-state index in [-0.39, 0.29) is 18.1 Å². The zero-order valence-electron chi connectivity index (χ0n) is 11.6. The number of aromatic nitrogens is 2. The lowest BCUT2D eigenvalue weighted by Crippen LogP contribution is -2.14. The zero-order valence-corrected chi connectivity index (χ0v) is 13.3. The number of thioether (sulfide) groups is 1. The maximum atomic E-state index is 12.8. The van der Waals surface area contributed by atoms with Crippen LogP contribution in [0.5, 0.6) is 0 Å². The molecule has 0 fully saturated rings. The summed E-state index contributed by atoms with van der Waals surface area (Å²) in [5, 5.41) is 11.2. The largest absolute Gasteiger partial charge is 0.300 e. The van der Waals surface area contributed by atoms with Crippen molar-refractivity contribution in [3.63, 3.8) is 0 Å². The second kappa shape index (κ2) is 8.09.